The summed E-state index contributed by atoms with van der Waals surface area (Å²) in [5.74, 6) is -0.907. The number of halogens is 1. The summed E-state index contributed by atoms with van der Waals surface area (Å²) in [6, 6.07) is 18.6. The summed E-state index contributed by atoms with van der Waals surface area (Å²) in [5.41, 5.74) is 1.92. The van der Waals surface area contributed by atoms with E-state index in [1.54, 1.807) is 30.5 Å². The third-order valence-corrected chi connectivity index (χ3v) is 4.84. The maximum atomic E-state index is 14.0. The maximum absolute atomic E-state index is 14.0. The molecule has 0 fully saturated rings. The molecule has 0 spiro atoms. The highest BCUT2D eigenvalue weighted by Crippen LogP contribution is 2.19. The van der Waals surface area contributed by atoms with Crippen LogP contribution in [0.15, 0.2) is 85.3 Å². The Balaban J connectivity index is 1.56. The Bertz CT molecular complexity index is 1270. The standard InChI is InChI=1S/C25H20FN5O2/c26-20-10-4-5-11-22(20)31-25(33)19-16-29-23(17-7-2-1-3-8-17)30-21(19)12-14-28-24(32)18-9-6-13-27-15-18/h1-11,13,15-16H,12,14H2,(H,28,32)(H,31,33). The first-order chi connectivity index (χ1) is 16.1. The van der Waals surface area contributed by atoms with Crippen molar-refractivity contribution >= 4 is 17.5 Å². The molecule has 0 bridgehead atoms. The van der Waals surface area contributed by atoms with Crippen molar-refractivity contribution in [2.45, 2.75) is 6.42 Å². The Labute approximate surface area is 189 Å². The molecule has 0 radical (unpaired) electrons. The normalized spacial score (nSPS) is 10.5. The van der Waals surface area contributed by atoms with Crippen LogP contribution in [-0.4, -0.2) is 33.3 Å². The molecule has 8 heteroatoms. The van der Waals surface area contributed by atoms with Crippen LogP contribution in [0.1, 0.15) is 26.4 Å². The summed E-state index contributed by atoms with van der Waals surface area (Å²) in [6.45, 7) is 0.235. The van der Waals surface area contributed by atoms with Gasteiger partial charge in [0, 0.05) is 37.1 Å². The predicted octanol–water partition coefficient (Wildman–Crippen LogP) is 3.90. The lowest BCUT2D eigenvalue weighted by atomic mass is 10.1. The molecule has 4 rings (SSSR count). The smallest absolute Gasteiger partial charge is 0.259 e. The third-order valence-electron chi connectivity index (χ3n) is 4.84. The molecule has 0 aliphatic rings. The molecule has 0 aliphatic heterocycles. The van der Waals surface area contributed by atoms with Crippen molar-refractivity contribution in [3.05, 3.63) is 108 Å². The van der Waals surface area contributed by atoms with Crippen molar-refractivity contribution < 1.29 is 14.0 Å². The zero-order valence-corrected chi connectivity index (χ0v) is 17.5. The van der Waals surface area contributed by atoms with E-state index in [-0.39, 0.29) is 30.1 Å². The van der Waals surface area contributed by atoms with Gasteiger partial charge in [0.25, 0.3) is 11.8 Å². The Morgan fingerprint density at radius 2 is 1.67 bits per heavy atom. The number of benzene rings is 2. The average molecular weight is 441 g/mol. The number of aromatic nitrogens is 3. The molecule has 164 valence electrons. The topological polar surface area (TPSA) is 96.9 Å². The van der Waals surface area contributed by atoms with Gasteiger partial charge in [-0.2, -0.15) is 0 Å². The van der Waals surface area contributed by atoms with E-state index in [2.05, 4.69) is 25.6 Å². The molecule has 2 heterocycles. The second-order valence-electron chi connectivity index (χ2n) is 7.10. The molecule has 2 N–H and O–H groups in total. The number of rotatable bonds is 7. The largest absolute Gasteiger partial charge is 0.352 e. The number of carbonyl (C=O) groups excluding carboxylic acids is 2. The van der Waals surface area contributed by atoms with Crippen molar-refractivity contribution in [2.75, 3.05) is 11.9 Å². The van der Waals surface area contributed by atoms with Gasteiger partial charge in [-0.3, -0.25) is 14.6 Å². The molecule has 4 aromatic rings. The fourth-order valence-corrected chi connectivity index (χ4v) is 3.17. The number of pyridine rings is 1. The summed E-state index contributed by atoms with van der Waals surface area (Å²) in [7, 11) is 0. The summed E-state index contributed by atoms with van der Waals surface area (Å²) in [6.07, 6.45) is 4.75. The molecule has 0 saturated heterocycles. The molecule has 2 aromatic carbocycles. The molecule has 0 saturated carbocycles. The molecular weight excluding hydrogens is 421 g/mol. The van der Waals surface area contributed by atoms with Crippen LogP contribution in [-0.2, 0) is 6.42 Å². The van der Waals surface area contributed by atoms with E-state index in [4.69, 9.17) is 0 Å². The highest BCUT2D eigenvalue weighted by Gasteiger charge is 2.17. The van der Waals surface area contributed by atoms with E-state index in [1.807, 2.05) is 30.3 Å². The number of nitrogens with one attached hydrogen (secondary N) is 2. The van der Waals surface area contributed by atoms with Crippen molar-refractivity contribution in [1.29, 1.82) is 0 Å². The number of amides is 2. The Morgan fingerprint density at radius 3 is 2.42 bits per heavy atom. The van der Waals surface area contributed by atoms with Crippen molar-refractivity contribution in [3.63, 3.8) is 0 Å². The van der Waals surface area contributed by atoms with Crippen LogP contribution >= 0.6 is 0 Å². The first-order valence-corrected chi connectivity index (χ1v) is 10.3. The van der Waals surface area contributed by atoms with E-state index in [0.717, 1.165) is 5.56 Å². The van der Waals surface area contributed by atoms with Crippen molar-refractivity contribution in [3.8, 4) is 11.4 Å². The Hall–Kier alpha value is -4.46. The van der Waals surface area contributed by atoms with Gasteiger partial charge in [0.15, 0.2) is 5.82 Å². The SMILES string of the molecule is O=C(NCCc1nc(-c2ccccc2)ncc1C(=O)Nc1ccccc1F)c1cccnc1. The minimum Gasteiger partial charge on any atom is -0.352 e. The van der Waals surface area contributed by atoms with Crippen LogP contribution in [0, 0.1) is 5.82 Å². The zero-order valence-electron chi connectivity index (χ0n) is 17.5. The lowest BCUT2D eigenvalue weighted by molar-refractivity contribution is 0.0953. The van der Waals surface area contributed by atoms with E-state index in [0.29, 0.717) is 17.1 Å². The number of anilines is 1. The highest BCUT2D eigenvalue weighted by molar-refractivity contribution is 6.05. The van der Waals surface area contributed by atoms with Crippen molar-refractivity contribution in [2.24, 2.45) is 0 Å². The molecular formula is C25H20FN5O2. The average Bonchev–Trinajstić information content (AvgIpc) is 2.86. The summed E-state index contributed by atoms with van der Waals surface area (Å²) in [4.78, 5) is 38.0. The minimum absolute atomic E-state index is 0.0606. The van der Waals surface area contributed by atoms with Gasteiger partial charge >= 0.3 is 0 Å². The quantitative estimate of drug-likeness (QED) is 0.453. The lowest BCUT2D eigenvalue weighted by Gasteiger charge is -2.12. The molecule has 33 heavy (non-hydrogen) atoms. The van der Waals surface area contributed by atoms with Gasteiger partial charge in [0.05, 0.1) is 22.5 Å². The molecule has 0 atom stereocenters. The fourth-order valence-electron chi connectivity index (χ4n) is 3.17. The van der Waals surface area contributed by atoms with Crippen LogP contribution < -0.4 is 10.6 Å². The predicted molar refractivity (Wildman–Crippen MR) is 122 cm³/mol. The first-order valence-electron chi connectivity index (χ1n) is 10.3. The van der Waals surface area contributed by atoms with Gasteiger partial charge in [-0.25, -0.2) is 14.4 Å². The van der Waals surface area contributed by atoms with Crippen LogP contribution in [0.2, 0.25) is 0 Å². The number of nitrogens with zero attached hydrogens (tertiary/aromatic N) is 3. The van der Waals surface area contributed by atoms with Crippen molar-refractivity contribution in [1.82, 2.24) is 20.3 Å². The van der Waals surface area contributed by atoms with Gasteiger partial charge in [0.1, 0.15) is 5.82 Å². The third kappa shape index (κ3) is 5.43. The molecule has 0 unspecified atom stereocenters. The van der Waals surface area contributed by atoms with Gasteiger partial charge in [-0.05, 0) is 24.3 Å². The highest BCUT2D eigenvalue weighted by atomic mass is 19.1. The molecule has 2 amide bonds. The Morgan fingerprint density at radius 1 is 0.879 bits per heavy atom. The van der Waals surface area contributed by atoms with Crippen LogP contribution in [0.5, 0.6) is 0 Å². The monoisotopic (exact) mass is 441 g/mol. The number of para-hydroxylation sites is 1. The van der Waals surface area contributed by atoms with Gasteiger partial charge < -0.3 is 10.6 Å². The summed E-state index contributed by atoms with van der Waals surface area (Å²) >= 11 is 0. The number of carbonyl (C=O) groups is 2. The van der Waals surface area contributed by atoms with E-state index >= 15 is 0 Å². The minimum atomic E-state index is -0.544. The van der Waals surface area contributed by atoms with E-state index in [9.17, 15) is 14.0 Å². The first kappa shape index (κ1) is 21.8. The summed E-state index contributed by atoms with van der Waals surface area (Å²) in [5, 5.41) is 5.36. The Kier molecular flexibility index (Phi) is 6.75. The van der Waals surface area contributed by atoms with E-state index in [1.165, 1.54) is 24.5 Å². The zero-order chi connectivity index (χ0) is 23.0. The van der Waals surface area contributed by atoms with Crippen LogP contribution in [0.25, 0.3) is 11.4 Å². The van der Waals surface area contributed by atoms with Gasteiger partial charge in [-0.1, -0.05) is 42.5 Å². The van der Waals surface area contributed by atoms with Gasteiger partial charge in [0.2, 0.25) is 0 Å². The fraction of sp³-hybridized carbons (Fsp3) is 0.0800. The van der Waals surface area contributed by atoms with E-state index < -0.39 is 11.7 Å². The maximum Gasteiger partial charge on any atom is 0.259 e. The molecule has 7 nitrogen and oxygen atoms in total. The van der Waals surface area contributed by atoms with Crippen LogP contribution in [0.4, 0.5) is 10.1 Å². The van der Waals surface area contributed by atoms with Gasteiger partial charge in [-0.15, -0.1) is 0 Å². The summed E-state index contributed by atoms with van der Waals surface area (Å²) < 4.78 is 14.0. The lowest BCUT2D eigenvalue weighted by Crippen LogP contribution is -2.27. The second-order valence-corrected chi connectivity index (χ2v) is 7.10. The molecule has 0 aliphatic carbocycles. The second kappa shape index (κ2) is 10.2. The van der Waals surface area contributed by atoms with Crippen LogP contribution in [0.3, 0.4) is 0 Å². The molecule has 2 aromatic heterocycles. The number of hydrogen-bond acceptors (Lipinski definition) is 5. The number of hydrogen-bond donors (Lipinski definition) is 2.